The van der Waals surface area contributed by atoms with Gasteiger partial charge in [0.2, 0.25) is 0 Å². The van der Waals surface area contributed by atoms with Crippen LogP contribution in [0, 0.1) is 6.92 Å². The average molecular weight is 369 g/mol. The van der Waals surface area contributed by atoms with Gasteiger partial charge in [0.05, 0.1) is 33.3 Å². The van der Waals surface area contributed by atoms with E-state index in [1.54, 1.807) is 7.11 Å². The second-order valence-electron chi connectivity index (χ2n) is 7.22. The molecule has 0 aliphatic carbocycles. The number of rotatable bonds is 6. The van der Waals surface area contributed by atoms with Gasteiger partial charge in [-0.1, -0.05) is 30.3 Å². The van der Waals surface area contributed by atoms with E-state index >= 15 is 0 Å². The summed E-state index contributed by atoms with van der Waals surface area (Å²) >= 11 is 0. The molecule has 1 fully saturated rings. The SMILES string of the molecule is COc1ccc(CNC(=O)[C@@H](C)[NH+]2CCN(c3ccccc3C)CC2)cc1. The molecule has 5 nitrogen and oxygen atoms in total. The average Bonchev–Trinajstić information content (AvgIpc) is 2.72. The summed E-state index contributed by atoms with van der Waals surface area (Å²) in [5.74, 6) is 0.944. The van der Waals surface area contributed by atoms with Crippen LogP contribution in [0.25, 0.3) is 0 Å². The number of para-hydroxylation sites is 1. The number of anilines is 1. The van der Waals surface area contributed by atoms with Gasteiger partial charge in [-0.25, -0.2) is 0 Å². The van der Waals surface area contributed by atoms with E-state index in [0.717, 1.165) is 37.5 Å². The third kappa shape index (κ3) is 4.80. The molecule has 0 bridgehead atoms. The molecule has 1 saturated heterocycles. The Morgan fingerprint density at radius 3 is 2.44 bits per heavy atom. The molecule has 1 aliphatic rings. The number of amides is 1. The molecule has 0 unspecified atom stereocenters. The number of benzene rings is 2. The van der Waals surface area contributed by atoms with Gasteiger partial charge in [0.25, 0.3) is 5.91 Å². The number of hydrogen-bond acceptors (Lipinski definition) is 3. The molecule has 0 saturated carbocycles. The predicted octanol–water partition coefficient (Wildman–Crippen LogP) is 1.41. The molecular weight excluding hydrogens is 338 g/mol. The molecule has 1 heterocycles. The van der Waals surface area contributed by atoms with Gasteiger partial charge in [-0.2, -0.15) is 0 Å². The van der Waals surface area contributed by atoms with E-state index in [0.29, 0.717) is 6.54 Å². The first-order chi connectivity index (χ1) is 13.1. The van der Waals surface area contributed by atoms with E-state index in [2.05, 4.69) is 41.4 Å². The Morgan fingerprint density at radius 2 is 1.81 bits per heavy atom. The van der Waals surface area contributed by atoms with E-state index < -0.39 is 0 Å². The van der Waals surface area contributed by atoms with E-state index in [9.17, 15) is 4.79 Å². The van der Waals surface area contributed by atoms with Crippen LogP contribution >= 0.6 is 0 Å². The minimum atomic E-state index is -0.0396. The fraction of sp³-hybridized carbons (Fsp3) is 0.409. The van der Waals surface area contributed by atoms with Crippen LogP contribution < -0.4 is 19.9 Å². The summed E-state index contributed by atoms with van der Waals surface area (Å²) in [5.41, 5.74) is 3.70. The molecule has 3 rings (SSSR count). The number of nitrogens with one attached hydrogen (secondary N) is 2. The molecule has 1 aliphatic heterocycles. The lowest BCUT2D eigenvalue weighted by Gasteiger charge is -2.36. The van der Waals surface area contributed by atoms with Crippen molar-refractivity contribution in [2.75, 3.05) is 38.2 Å². The van der Waals surface area contributed by atoms with Gasteiger partial charge in [0.15, 0.2) is 6.04 Å². The van der Waals surface area contributed by atoms with Crippen molar-refractivity contribution < 1.29 is 14.4 Å². The number of aryl methyl sites for hydroxylation is 1. The Kier molecular flexibility index (Phi) is 6.35. The van der Waals surface area contributed by atoms with Crippen molar-refractivity contribution in [3.05, 3.63) is 59.7 Å². The lowest BCUT2D eigenvalue weighted by molar-refractivity contribution is -0.914. The van der Waals surface area contributed by atoms with Crippen molar-refractivity contribution in [2.45, 2.75) is 26.4 Å². The van der Waals surface area contributed by atoms with E-state index in [4.69, 9.17) is 4.74 Å². The fourth-order valence-electron chi connectivity index (χ4n) is 3.66. The summed E-state index contributed by atoms with van der Waals surface area (Å²) in [6, 6.07) is 16.3. The Hall–Kier alpha value is -2.53. The van der Waals surface area contributed by atoms with Crippen molar-refractivity contribution in [1.82, 2.24) is 5.32 Å². The van der Waals surface area contributed by atoms with Crippen molar-refractivity contribution in [3.63, 3.8) is 0 Å². The Balaban J connectivity index is 1.48. The zero-order valence-corrected chi connectivity index (χ0v) is 16.5. The molecule has 0 aromatic heterocycles. The number of quaternary nitrogens is 1. The summed E-state index contributed by atoms with van der Waals surface area (Å²) < 4.78 is 5.17. The van der Waals surface area contributed by atoms with Gasteiger partial charge in [0, 0.05) is 12.2 Å². The highest BCUT2D eigenvalue weighted by Gasteiger charge is 2.29. The maximum absolute atomic E-state index is 12.6. The first-order valence-corrected chi connectivity index (χ1v) is 9.64. The van der Waals surface area contributed by atoms with Crippen LogP contribution in [0.2, 0.25) is 0 Å². The van der Waals surface area contributed by atoms with Crippen LogP contribution in [0.4, 0.5) is 5.69 Å². The van der Waals surface area contributed by atoms with Gasteiger partial charge in [-0.05, 0) is 43.2 Å². The molecule has 1 atom stereocenters. The monoisotopic (exact) mass is 368 g/mol. The van der Waals surface area contributed by atoms with Crippen molar-refractivity contribution in [3.8, 4) is 5.75 Å². The Labute approximate surface area is 161 Å². The topological polar surface area (TPSA) is 46.0 Å². The summed E-state index contributed by atoms with van der Waals surface area (Å²) in [6.07, 6.45) is 0. The van der Waals surface area contributed by atoms with Crippen LogP contribution in [-0.4, -0.2) is 45.2 Å². The van der Waals surface area contributed by atoms with E-state index in [1.807, 2.05) is 31.2 Å². The number of carbonyl (C=O) groups excluding carboxylic acids is 1. The van der Waals surface area contributed by atoms with Crippen LogP contribution in [0.15, 0.2) is 48.5 Å². The molecule has 1 amide bonds. The molecular formula is C22H30N3O2+. The molecule has 0 radical (unpaired) electrons. The predicted molar refractivity (Wildman–Crippen MR) is 108 cm³/mol. The zero-order valence-electron chi connectivity index (χ0n) is 16.5. The summed E-state index contributed by atoms with van der Waals surface area (Å²) in [6.45, 7) is 8.66. The third-order valence-corrected chi connectivity index (χ3v) is 5.49. The standard InChI is InChI=1S/C22H29N3O2/c1-17-6-4-5-7-21(17)25-14-12-24(13-15-25)18(2)22(26)23-16-19-8-10-20(27-3)11-9-19/h4-11,18H,12-16H2,1-3H3,(H,23,26)/p+1/t18-/m1/s1. The van der Waals surface area contributed by atoms with Crippen LogP contribution in [0.3, 0.4) is 0 Å². The minimum Gasteiger partial charge on any atom is -0.497 e. The first kappa shape index (κ1) is 19.2. The van der Waals surface area contributed by atoms with Crippen LogP contribution in [-0.2, 0) is 11.3 Å². The van der Waals surface area contributed by atoms with Gasteiger partial charge < -0.3 is 19.9 Å². The van der Waals surface area contributed by atoms with Crippen molar-refractivity contribution >= 4 is 11.6 Å². The summed E-state index contributed by atoms with van der Waals surface area (Å²) in [7, 11) is 1.65. The van der Waals surface area contributed by atoms with Crippen molar-refractivity contribution in [1.29, 1.82) is 0 Å². The number of ether oxygens (including phenoxy) is 1. The highest BCUT2D eigenvalue weighted by molar-refractivity contribution is 5.79. The third-order valence-electron chi connectivity index (χ3n) is 5.49. The van der Waals surface area contributed by atoms with Gasteiger partial charge in [0.1, 0.15) is 5.75 Å². The number of hydrogen-bond donors (Lipinski definition) is 2. The lowest BCUT2D eigenvalue weighted by atomic mass is 10.1. The quantitative estimate of drug-likeness (QED) is 0.811. The van der Waals surface area contributed by atoms with Crippen LogP contribution in [0.1, 0.15) is 18.1 Å². The van der Waals surface area contributed by atoms with Gasteiger partial charge >= 0.3 is 0 Å². The first-order valence-electron chi connectivity index (χ1n) is 9.64. The minimum absolute atomic E-state index is 0.0396. The Morgan fingerprint density at radius 1 is 1.15 bits per heavy atom. The molecule has 5 heteroatoms. The molecule has 144 valence electrons. The lowest BCUT2D eigenvalue weighted by Crippen LogP contribution is -3.19. The number of piperazine rings is 1. The van der Waals surface area contributed by atoms with Gasteiger partial charge in [-0.3, -0.25) is 4.79 Å². The van der Waals surface area contributed by atoms with Crippen molar-refractivity contribution in [2.24, 2.45) is 0 Å². The number of nitrogens with zero attached hydrogens (tertiary/aromatic N) is 1. The highest BCUT2D eigenvalue weighted by Crippen LogP contribution is 2.18. The normalized spacial score (nSPS) is 16.0. The van der Waals surface area contributed by atoms with E-state index in [-0.39, 0.29) is 11.9 Å². The molecule has 27 heavy (non-hydrogen) atoms. The highest BCUT2D eigenvalue weighted by atomic mass is 16.5. The maximum atomic E-state index is 12.6. The van der Waals surface area contributed by atoms with E-state index in [1.165, 1.54) is 16.2 Å². The largest absolute Gasteiger partial charge is 0.497 e. The number of methoxy groups -OCH3 is 1. The Bertz CT molecular complexity index is 752. The molecule has 2 aromatic carbocycles. The zero-order chi connectivity index (χ0) is 19.2. The molecule has 2 N–H and O–H groups in total. The second-order valence-corrected chi connectivity index (χ2v) is 7.22. The second kappa shape index (κ2) is 8.91. The smallest absolute Gasteiger partial charge is 0.278 e. The molecule has 0 spiro atoms. The molecule has 2 aromatic rings. The maximum Gasteiger partial charge on any atom is 0.278 e. The van der Waals surface area contributed by atoms with Crippen LogP contribution in [0.5, 0.6) is 5.75 Å². The summed E-state index contributed by atoms with van der Waals surface area (Å²) in [4.78, 5) is 16.4. The fourth-order valence-corrected chi connectivity index (χ4v) is 3.66. The van der Waals surface area contributed by atoms with Gasteiger partial charge in [-0.15, -0.1) is 0 Å². The summed E-state index contributed by atoms with van der Waals surface area (Å²) in [5, 5.41) is 3.07. The number of carbonyl (C=O) groups is 1.